The summed E-state index contributed by atoms with van der Waals surface area (Å²) in [5.74, 6) is 2.51. The molecule has 172 valence electrons. The molecule has 1 atom stereocenters. The van der Waals surface area contributed by atoms with Crippen molar-refractivity contribution in [3.8, 4) is 11.5 Å². The predicted molar refractivity (Wildman–Crippen MR) is 124 cm³/mol. The summed E-state index contributed by atoms with van der Waals surface area (Å²) in [6.45, 7) is 2.48. The fourth-order valence-electron chi connectivity index (χ4n) is 5.91. The summed E-state index contributed by atoms with van der Waals surface area (Å²) < 4.78 is 10.8. The Morgan fingerprint density at radius 2 is 1.82 bits per heavy atom. The highest BCUT2D eigenvalue weighted by atomic mass is 16.7. The fraction of sp³-hybridized carbons (Fsp3) is 0.481. The normalized spacial score (nSPS) is 22.3. The van der Waals surface area contributed by atoms with Gasteiger partial charge in [0.2, 0.25) is 12.7 Å². The quantitative estimate of drug-likeness (QED) is 0.754. The molecule has 0 bridgehead atoms. The van der Waals surface area contributed by atoms with Crippen LogP contribution in [0.4, 0.5) is 0 Å². The summed E-state index contributed by atoms with van der Waals surface area (Å²) in [6, 6.07) is 14.1. The van der Waals surface area contributed by atoms with E-state index in [1.807, 2.05) is 17.0 Å². The number of benzene rings is 2. The van der Waals surface area contributed by atoms with Gasteiger partial charge >= 0.3 is 0 Å². The number of amides is 2. The van der Waals surface area contributed by atoms with E-state index in [4.69, 9.17) is 9.47 Å². The highest BCUT2D eigenvalue weighted by Gasteiger charge is 2.46. The molecule has 0 unspecified atom stereocenters. The van der Waals surface area contributed by atoms with Gasteiger partial charge in [0.1, 0.15) is 0 Å². The van der Waals surface area contributed by atoms with Crippen LogP contribution in [0.15, 0.2) is 42.5 Å². The highest BCUT2D eigenvalue weighted by molar-refractivity contribution is 5.95. The lowest BCUT2D eigenvalue weighted by molar-refractivity contribution is -0.121. The van der Waals surface area contributed by atoms with Crippen LogP contribution in [0, 0.1) is 5.92 Å². The molecular weight excluding hydrogens is 416 g/mol. The smallest absolute Gasteiger partial charge is 0.253 e. The van der Waals surface area contributed by atoms with E-state index in [-0.39, 0.29) is 29.9 Å². The molecule has 2 amide bonds. The summed E-state index contributed by atoms with van der Waals surface area (Å²) in [5, 5.41) is 3.14. The number of nitrogens with one attached hydrogen (secondary N) is 1. The number of carbonyl (C=O) groups is 2. The van der Waals surface area contributed by atoms with Crippen LogP contribution in [0.1, 0.15) is 65.9 Å². The first-order chi connectivity index (χ1) is 16.1. The summed E-state index contributed by atoms with van der Waals surface area (Å²) in [4.78, 5) is 27.7. The third-order valence-corrected chi connectivity index (χ3v) is 7.95. The van der Waals surface area contributed by atoms with E-state index in [1.54, 1.807) is 6.07 Å². The molecule has 2 heterocycles. The molecule has 33 heavy (non-hydrogen) atoms. The van der Waals surface area contributed by atoms with Crippen molar-refractivity contribution in [1.29, 1.82) is 0 Å². The van der Waals surface area contributed by atoms with Gasteiger partial charge in [-0.2, -0.15) is 0 Å². The standard InChI is InChI=1S/C27H30N2O4/c30-25(28-16-18-5-6-18)14-20-15-27(22-4-2-1-3-21(20)22)9-11-29(12-10-27)26(31)19-7-8-23-24(13-19)33-17-32-23/h1-4,7-8,13,18,20H,5-6,9-12,14-17H2,(H,28,30)/t20-/m0/s1. The van der Waals surface area contributed by atoms with Crippen LogP contribution in [0.2, 0.25) is 0 Å². The van der Waals surface area contributed by atoms with Gasteiger partial charge in [-0.15, -0.1) is 0 Å². The van der Waals surface area contributed by atoms with Gasteiger partial charge in [0.15, 0.2) is 11.5 Å². The fourth-order valence-corrected chi connectivity index (χ4v) is 5.91. The number of hydrogen-bond donors (Lipinski definition) is 1. The number of piperidine rings is 1. The van der Waals surface area contributed by atoms with E-state index in [0.29, 0.717) is 29.4 Å². The highest BCUT2D eigenvalue weighted by Crippen LogP contribution is 2.52. The molecule has 1 saturated heterocycles. The molecule has 2 aromatic rings. The van der Waals surface area contributed by atoms with Crippen molar-refractivity contribution in [1.82, 2.24) is 10.2 Å². The molecule has 2 aliphatic heterocycles. The van der Waals surface area contributed by atoms with Gasteiger partial charge in [-0.05, 0) is 78.7 Å². The van der Waals surface area contributed by atoms with E-state index in [0.717, 1.165) is 38.9 Å². The summed E-state index contributed by atoms with van der Waals surface area (Å²) in [5.41, 5.74) is 3.42. The number of fused-ring (bicyclic) bond motifs is 3. The van der Waals surface area contributed by atoms with E-state index in [1.165, 1.54) is 24.0 Å². The Morgan fingerprint density at radius 3 is 2.64 bits per heavy atom. The molecule has 4 aliphatic rings. The number of nitrogens with zero attached hydrogens (tertiary/aromatic N) is 1. The lowest BCUT2D eigenvalue weighted by Crippen LogP contribution is -2.44. The Hall–Kier alpha value is -3.02. The zero-order chi connectivity index (χ0) is 22.4. The van der Waals surface area contributed by atoms with Crippen molar-refractivity contribution in [2.24, 2.45) is 5.92 Å². The molecule has 6 heteroatoms. The summed E-state index contributed by atoms with van der Waals surface area (Å²) in [7, 11) is 0. The number of rotatable bonds is 5. The summed E-state index contributed by atoms with van der Waals surface area (Å²) >= 11 is 0. The van der Waals surface area contributed by atoms with Crippen LogP contribution in [-0.4, -0.2) is 43.1 Å². The van der Waals surface area contributed by atoms with Crippen LogP contribution < -0.4 is 14.8 Å². The number of ether oxygens (including phenoxy) is 2. The maximum atomic E-state index is 13.2. The van der Waals surface area contributed by atoms with Gasteiger partial charge in [0.25, 0.3) is 5.91 Å². The first-order valence-corrected chi connectivity index (χ1v) is 12.2. The number of likely N-dealkylation sites (tertiary alicyclic amines) is 1. The molecule has 1 N–H and O–H groups in total. The van der Waals surface area contributed by atoms with Crippen LogP contribution in [0.25, 0.3) is 0 Å². The topological polar surface area (TPSA) is 67.9 Å². The predicted octanol–water partition coefficient (Wildman–Crippen LogP) is 3.99. The molecule has 2 fully saturated rings. The zero-order valence-electron chi connectivity index (χ0n) is 18.8. The minimum absolute atomic E-state index is 0.0467. The van der Waals surface area contributed by atoms with E-state index < -0.39 is 0 Å². The largest absolute Gasteiger partial charge is 0.454 e. The SMILES string of the molecule is O=C(C[C@H]1CC2(CCN(C(=O)c3ccc4c(c3)OCO4)CC2)c2ccccc21)NCC1CC1. The molecule has 2 aliphatic carbocycles. The van der Waals surface area contributed by atoms with Gasteiger partial charge in [0, 0.05) is 31.6 Å². The van der Waals surface area contributed by atoms with Crippen molar-refractivity contribution in [2.75, 3.05) is 26.4 Å². The van der Waals surface area contributed by atoms with Crippen molar-refractivity contribution in [3.63, 3.8) is 0 Å². The van der Waals surface area contributed by atoms with E-state index in [9.17, 15) is 9.59 Å². The van der Waals surface area contributed by atoms with Crippen LogP contribution in [0.3, 0.4) is 0 Å². The Morgan fingerprint density at radius 1 is 1.03 bits per heavy atom. The average Bonchev–Trinajstić information content (AvgIpc) is 3.48. The molecule has 1 spiro atoms. The molecule has 0 radical (unpaired) electrons. The lowest BCUT2D eigenvalue weighted by atomic mass is 9.73. The van der Waals surface area contributed by atoms with Crippen molar-refractivity contribution < 1.29 is 19.1 Å². The zero-order valence-corrected chi connectivity index (χ0v) is 18.8. The van der Waals surface area contributed by atoms with E-state index >= 15 is 0 Å². The average molecular weight is 447 g/mol. The van der Waals surface area contributed by atoms with Crippen LogP contribution in [0.5, 0.6) is 11.5 Å². The number of hydrogen-bond acceptors (Lipinski definition) is 4. The Labute approximate surface area is 194 Å². The van der Waals surface area contributed by atoms with Gasteiger partial charge in [-0.25, -0.2) is 0 Å². The number of carbonyl (C=O) groups excluding carboxylic acids is 2. The second-order valence-corrected chi connectivity index (χ2v) is 10.1. The first kappa shape index (κ1) is 20.6. The monoisotopic (exact) mass is 446 g/mol. The first-order valence-electron chi connectivity index (χ1n) is 12.2. The molecular formula is C27H30N2O4. The maximum absolute atomic E-state index is 13.2. The van der Waals surface area contributed by atoms with Crippen LogP contribution >= 0.6 is 0 Å². The van der Waals surface area contributed by atoms with Gasteiger partial charge in [-0.3, -0.25) is 9.59 Å². The molecule has 2 aromatic carbocycles. The van der Waals surface area contributed by atoms with E-state index in [2.05, 4.69) is 29.6 Å². The summed E-state index contributed by atoms with van der Waals surface area (Å²) in [6.07, 6.45) is 5.91. The third kappa shape index (κ3) is 3.85. The third-order valence-electron chi connectivity index (χ3n) is 7.95. The Bertz CT molecular complexity index is 1090. The minimum Gasteiger partial charge on any atom is -0.454 e. The van der Waals surface area contributed by atoms with Crippen LogP contribution in [-0.2, 0) is 10.2 Å². The van der Waals surface area contributed by atoms with Crippen molar-refractivity contribution in [2.45, 2.75) is 49.9 Å². The van der Waals surface area contributed by atoms with Gasteiger partial charge in [-0.1, -0.05) is 24.3 Å². The van der Waals surface area contributed by atoms with Gasteiger partial charge in [0.05, 0.1) is 0 Å². The second-order valence-electron chi connectivity index (χ2n) is 10.1. The van der Waals surface area contributed by atoms with Crippen molar-refractivity contribution >= 4 is 11.8 Å². The lowest BCUT2D eigenvalue weighted by Gasteiger charge is -2.40. The second kappa shape index (κ2) is 8.08. The molecule has 6 rings (SSSR count). The molecule has 1 saturated carbocycles. The Balaban J connectivity index is 1.14. The van der Waals surface area contributed by atoms with Crippen molar-refractivity contribution in [3.05, 3.63) is 59.2 Å². The molecule has 6 nitrogen and oxygen atoms in total. The Kier molecular flexibility index (Phi) is 5.04. The minimum atomic E-state index is 0.0467. The maximum Gasteiger partial charge on any atom is 0.253 e. The van der Waals surface area contributed by atoms with Gasteiger partial charge < -0.3 is 19.7 Å². The molecule has 0 aromatic heterocycles.